The van der Waals surface area contributed by atoms with E-state index < -0.39 is 0 Å². The fourth-order valence-electron chi connectivity index (χ4n) is 2.57. The minimum absolute atomic E-state index is 0.131. The van der Waals surface area contributed by atoms with Crippen LogP contribution in [0.5, 0.6) is 11.5 Å². The number of Topliss-reactive ketones (excluding diaryl/α,β-unsaturated/α-hetero) is 1. The van der Waals surface area contributed by atoms with Gasteiger partial charge in [-0.1, -0.05) is 41.1 Å². The Morgan fingerprint density at radius 1 is 1.21 bits per heavy atom. The number of fused-ring (bicyclic) bond motifs is 1. The van der Waals surface area contributed by atoms with Crippen molar-refractivity contribution in [2.24, 2.45) is 0 Å². The molecule has 0 unspecified atom stereocenters. The van der Waals surface area contributed by atoms with Gasteiger partial charge in [0.1, 0.15) is 12.3 Å². The summed E-state index contributed by atoms with van der Waals surface area (Å²) in [6.45, 7) is 0.476. The number of carbonyl (C=O) groups is 1. The van der Waals surface area contributed by atoms with Crippen LogP contribution in [0.4, 0.5) is 0 Å². The minimum Gasteiger partial charge on any atom is -0.872 e. The summed E-state index contributed by atoms with van der Waals surface area (Å²) < 4.78 is 5.73. The number of allylic oxidation sites excluding steroid dienone is 1. The van der Waals surface area contributed by atoms with Crippen LogP contribution in [0.1, 0.15) is 21.5 Å². The molecule has 1 aliphatic heterocycles. The van der Waals surface area contributed by atoms with Gasteiger partial charge in [-0.2, -0.15) is 0 Å². The third kappa shape index (κ3) is 3.13. The third-order valence-electron chi connectivity index (χ3n) is 3.68. The molecule has 0 fully saturated rings. The van der Waals surface area contributed by atoms with Gasteiger partial charge in [0.05, 0.1) is 19.7 Å². The normalized spacial score (nSPS) is 15.0. The Kier molecular flexibility index (Phi) is 4.54. The predicted octanol–water partition coefficient (Wildman–Crippen LogP) is 2.33. The van der Waals surface area contributed by atoms with Gasteiger partial charge in [-0.15, -0.1) is 0 Å². The second-order valence-electron chi connectivity index (χ2n) is 5.91. The molecular formula is C18H15Cl2NO3. The molecule has 6 heteroatoms. The Bertz CT molecular complexity index is 860. The fourth-order valence-corrected chi connectivity index (χ4v) is 3.03. The summed E-state index contributed by atoms with van der Waals surface area (Å²) in [5, 5.41) is 13.0. The number of halogens is 2. The van der Waals surface area contributed by atoms with Gasteiger partial charge in [0.2, 0.25) is 5.78 Å². The smallest absolute Gasteiger partial charge is 0.231 e. The Morgan fingerprint density at radius 3 is 2.62 bits per heavy atom. The lowest BCUT2D eigenvalue weighted by Crippen LogP contribution is -3.04. The number of ether oxygens (including phenoxy) is 1. The summed E-state index contributed by atoms with van der Waals surface area (Å²) in [4.78, 5) is 13.6. The van der Waals surface area contributed by atoms with E-state index in [1.54, 1.807) is 24.3 Å². The minimum atomic E-state index is -0.258. The number of nitrogens with one attached hydrogen (secondary N) is 1. The van der Waals surface area contributed by atoms with Crippen molar-refractivity contribution >= 4 is 35.1 Å². The number of quaternary nitrogens is 1. The zero-order valence-corrected chi connectivity index (χ0v) is 14.7. The topological polar surface area (TPSA) is 53.8 Å². The molecule has 1 aliphatic rings. The van der Waals surface area contributed by atoms with Crippen LogP contribution < -0.4 is 14.7 Å². The van der Waals surface area contributed by atoms with Gasteiger partial charge in [-0.05, 0) is 29.8 Å². The molecule has 0 saturated heterocycles. The van der Waals surface area contributed by atoms with E-state index in [1.807, 2.05) is 14.1 Å². The Hall–Kier alpha value is -2.01. The second-order valence-corrected chi connectivity index (χ2v) is 6.75. The van der Waals surface area contributed by atoms with Gasteiger partial charge < -0.3 is 14.7 Å². The largest absolute Gasteiger partial charge is 0.872 e. The molecule has 2 aromatic carbocycles. The van der Waals surface area contributed by atoms with E-state index >= 15 is 0 Å². The number of hydrogen-bond donors (Lipinski definition) is 1. The maximum Gasteiger partial charge on any atom is 0.231 e. The summed E-state index contributed by atoms with van der Waals surface area (Å²) in [6, 6.07) is 7.91. The number of carbonyl (C=O) groups excluding carboxylic acids is 1. The van der Waals surface area contributed by atoms with Gasteiger partial charge in [-0.3, -0.25) is 4.79 Å². The highest BCUT2D eigenvalue weighted by Crippen LogP contribution is 2.38. The first kappa shape index (κ1) is 16.8. The molecule has 4 nitrogen and oxygen atoms in total. The van der Waals surface area contributed by atoms with Gasteiger partial charge >= 0.3 is 0 Å². The molecule has 0 aromatic heterocycles. The molecule has 0 bridgehead atoms. The van der Waals surface area contributed by atoms with E-state index in [4.69, 9.17) is 27.9 Å². The lowest BCUT2D eigenvalue weighted by molar-refractivity contribution is -0.872. The van der Waals surface area contributed by atoms with Crippen molar-refractivity contribution in [3.8, 4) is 11.5 Å². The van der Waals surface area contributed by atoms with Gasteiger partial charge in [0, 0.05) is 15.6 Å². The quantitative estimate of drug-likeness (QED) is 0.851. The average Bonchev–Trinajstić information content (AvgIpc) is 2.82. The van der Waals surface area contributed by atoms with Crippen molar-refractivity contribution < 1.29 is 19.5 Å². The first-order valence-electron chi connectivity index (χ1n) is 7.38. The summed E-state index contributed by atoms with van der Waals surface area (Å²) >= 11 is 12.0. The lowest BCUT2D eigenvalue weighted by atomic mass is 10.0. The van der Waals surface area contributed by atoms with E-state index in [0.29, 0.717) is 39.0 Å². The van der Waals surface area contributed by atoms with Crippen molar-refractivity contribution in [1.29, 1.82) is 0 Å². The van der Waals surface area contributed by atoms with Crippen molar-refractivity contribution in [2.45, 2.75) is 6.54 Å². The van der Waals surface area contributed by atoms with Crippen LogP contribution in [0, 0.1) is 0 Å². The van der Waals surface area contributed by atoms with Crippen LogP contribution in [-0.4, -0.2) is 19.9 Å². The third-order valence-corrected chi connectivity index (χ3v) is 4.24. The summed E-state index contributed by atoms with van der Waals surface area (Å²) in [5.41, 5.74) is 1.54. The van der Waals surface area contributed by atoms with E-state index in [0.717, 1.165) is 4.90 Å². The Morgan fingerprint density at radius 2 is 1.96 bits per heavy atom. The van der Waals surface area contributed by atoms with E-state index in [9.17, 15) is 9.90 Å². The molecule has 1 heterocycles. The maximum atomic E-state index is 12.6. The first-order valence-corrected chi connectivity index (χ1v) is 8.13. The lowest BCUT2D eigenvalue weighted by Gasteiger charge is -2.17. The van der Waals surface area contributed by atoms with Crippen LogP contribution in [0.25, 0.3) is 6.08 Å². The summed E-state index contributed by atoms with van der Waals surface area (Å²) in [7, 11) is 3.86. The highest BCUT2D eigenvalue weighted by Gasteiger charge is 2.30. The van der Waals surface area contributed by atoms with Crippen LogP contribution in [0.3, 0.4) is 0 Å². The van der Waals surface area contributed by atoms with Gasteiger partial charge in [0.25, 0.3) is 0 Å². The zero-order valence-electron chi connectivity index (χ0n) is 13.2. The monoisotopic (exact) mass is 363 g/mol. The van der Waals surface area contributed by atoms with Crippen LogP contribution in [0.15, 0.2) is 36.1 Å². The Labute approximate surface area is 149 Å². The number of ketones is 1. The number of hydrogen-bond acceptors (Lipinski definition) is 3. The van der Waals surface area contributed by atoms with Crippen LogP contribution in [-0.2, 0) is 6.54 Å². The van der Waals surface area contributed by atoms with Crippen molar-refractivity contribution in [3.63, 3.8) is 0 Å². The van der Waals surface area contributed by atoms with Crippen LogP contribution in [0.2, 0.25) is 10.0 Å². The number of benzene rings is 2. The highest BCUT2D eigenvalue weighted by atomic mass is 35.5. The molecule has 0 atom stereocenters. The predicted molar refractivity (Wildman–Crippen MR) is 91.8 cm³/mol. The van der Waals surface area contributed by atoms with Gasteiger partial charge in [0.15, 0.2) is 5.76 Å². The second kappa shape index (κ2) is 6.48. The molecule has 0 saturated carbocycles. The molecule has 0 amide bonds. The van der Waals surface area contributed by atoms with Crippen molar-refractivity contribution in [2.75, 3.05) is 14.1 Å². The molecule has 24 heavy (non-hydrogen) atoms. The zero-order chi connectivity index (χ0) is 17.4. The molecule has 2 aromatic rings. The van der Waals surface area contributed by atoms with Crippen molar-refractivity contribution in [1.82, 2.24) is 0 Å². The average molecular weight is 364 g/mol. The van der Waals surface area contributed by atoms with E-state index in [1.165, 1.54) is 12.1 Å². The molecular weight excluding hydrogens is 349 g/mol. The molecule has 0 spiro atoms. The first-order chi connectivity index (χ1) is 11.4. The SMILES string of the molecule is C[NH+](C)Cc1c([O-])ccc2c1OC(=Cc1ccc(Cl)cc1Cl)C2=O. The molecule has 124 valence electrons. The van der Waals surface area contributed by atoms with E-state index in [-0.39, 0.29) is 17.3 Å². The number of rotatable bonds is 3. The molecule has 0 radical (unpaired) electrons. The van der Waals surface area contributed by atoms with E-state index in [2.05, 4.69) is 0 Å². The Balaban J connectivity index is 2.03. The molecule has 3 rings (SSSR count). The van der Waals surface area contributed by atoms with Crippen LogP contribution >= 0.6 is 23.2 Å². The summed E-state index contributed by atoms with van der Waals surface area (Å²) in [6.07, 6.45) is 1.57. The summed E-state index contributed by atoms with van der Waals surface area (Å²) in [5.74, 6) is 0.111. The highest BCUT2D eigenvalue weighted by molar-refractivity contribution is 6.35. The maximum absolute atomic E-state index is 12.6. The molecule has 0 aliphatic carbocycles. The standard InChI is InChI=1S/C18H15Cl2NO3/c1-21(2)9-13-15(22)6-5-12-17(23)16(24-18(12)13)7-10-3-4-11(19)8-14(10)20/h3-8,22H,9H2,1-2H3. The molecule has 1 N–H and O–H groups in total. The van der Waals surface area contributed by atoms with Crippen molar-refractivity contribution in [3.05, 3.63) is 62.8 Å². The van der Waals surface area contributed by atoms with Gasteiger partial charge in [-0.25, -0.2) is 0 Å². The fraction of sp³-hybridized carbons (Fsp3) is 0.167.